The second-order valence-corrected chi connectivity index (χ2v) is 6.44. The summed E-state index contributed by atoms with van der Waals surface area (Å²) in [6.07, 6.45) is 0.262. The highest BCUT2D eigenvalue weighted by Crippen LogP contribution is 2.33. The molecule has 28 heavy (non-hydrogen) atoms. The Morgan fingerprint density at radius 2 is 1.79 bits per heavy atom. The third kappa shape index (κ3) is 3.40. The highest BCUT2D eigenvalue weighted by atomic mass is 19.1. The average molecular weight is 383 g/mol. The van der Waals surface area contributed by atoms with Crippen LogP contribution in [0.15, 0.2) is 47.0 Å². The molecular formula is C20H18FN3O4. The largest absolute Gasteiger partial charge is 0.497 e. The molecule has 3 aromatic rings. The summed E-state index contributed by atoms with van der Waals surface area (Å²) in [7, 11) is 3.12. The van der Waals surface area contributed by atoms with Gasteiger partial charge in [0, 0.05) is 36.2 Å². The normalized spacial score (nSPS) is 16.5. The van der Waals surface area contributed by atoms with Gasteiger partial charge in [0.2, 0.25) is 5.91 Å². The maximum absolute atomic E-state index is 13.1. The smallest absolute Gasteiger partial charge is 0.258 e. The van der Waals surface area contributed by atoms with E-state index in [9.17, 15) is 9.18 Å². The molecule has 1 saturated heterocycles. The molecule has 2 heterocycles. The van der Waals surface area contributed by atoms with Gasteiger partial charge in [-0.2, -0.15) is 4.98 Å². The van der Waals surface area contributed by atoms with E-state index in [1.54, 1.807) is 49.5 Å². The minimum Gasteiger partial charge on any atom is -0.497 e. The Labute approximate surface area is 160 Å². The average Bonchev–Trinajstić information content (AvgIpc) is 3.35. The maximum Gasteiger partial charge on any atom is 0.258 e. The van der Waals surface area contributed by atoms with Crippen molar-refractivity contribution in [2.45, 2.75) is 12.3 Å². The molecule has 0 bridgehead atoms. The molecule has 144 valence electrons. The Balaban J connectivity index is 1.57. The van der Waals surface area contributed by atoms with Gasteiger partial charge >= 0.3 is 0 Å². The first kappa shape index (κ1) is 18.0. The zero-order valence-electron chi connectivity index (χ0n) is 15.4. The van der Waals surface area contributed by atoms with Crippen LogP contribution in [0.1, 0.15) is 18.2 Å². The number of halogens is 1. The minimum atomic E-state index is -0.344. The van der Waals surface area contributed by atoms with E-state index in [4.69, 9.17) is 14.0 Å². The van der Waals surface area contributed by atoms with Crippen LogP contribution in [-0.4, -0.2) is 36.8 Å². The van der Waals surface area contributed by atoms with E-state index in [1.165, 1.54) is 12.1 Å². The summed E-state index contributed by atoms with van der Waals surface area (Å²) >= 11 is 0. The number of hydrogen-bond donors (Lipinski definition) is 0. The van der Waals surface area contributed by atoms with Gasteiger partial charge < -0.3 is 18.9 Å². The lowest BCUT2D eigenvalue weighted by molar-refractivity contribution is -0.117. The van der Waals surface area contributed by atoms with Gasteiger partial charge in [-0.3, -0.25) is 4.79 Å². The fourth-order valence-electron chi connectivity index (χ4n) is 3.20. The summed E-state index contributed by atoms with van der Waals surface area (Å²) in [6.45, 7) is 0.408. The first-order chi connectivity index (χ1) is 13.6. The van der Waals surface area contributed by atoms with E-state index < -0.39 is 0 Å². The third-order valence-electron chi connectivity index (χ3n) is 4.67. The van der Waals surface area contributed by atoms with E-state index in [1.807, 2.05) is 0 Å². The Kier molecular flexibility index (Phi) is 4.68. The number of methoxy groups -OCH3 is 2. The third-order valence-corrected chi connectivity index (χ3v) is 4.67. The van der Waals surface area contributed by atoms with E-state index in [0.717, 1.165) is 0 Å². The van der Waals surface area contributed by atoms with Gasteiger partial charge in [0.25, 0.3) is 5.89 Å². The molecule has 0 spiro atoms. The summed E-state index contributed by atoms with van der Waals surface area (Å²) in [5, 5.41) is 4.06. The Bertz CT molecular complexity index is 981. The van der Waals surface area contributed by atoms with Gasteiger partial charge in [0.15, 0.2) is 5.82 Å². The molecule has 1 fully saturated rings. The van der Waals surface area contributed by atoms with Crippen LogP contribution in [0.4, 0.5) is 10.1 Å². The van der Waals surface area contributed by atoms with E-state index in [0.29, 0.717) is 41.0 Å². The second kappa shape index (κ2) is 7.30. The molecule has 0 radical (unpaired) electrons. The summed E-state index contributed by atoms with van der Waals surface area (Å²) in [5.41, 5.74) is 1.31. The Hall–Kier alpha value is -3.42. The standard InChI is InChI=1S/C20H18FN3O4/c1-26-16-7-12(8-17(10-16)27-2)20-22-19(23-28-20)13-9-18(25)24(11-13)15-5-3-14(21)4-6-15/h3-8,10,13H,9,11H2,1-2H3. The van der Waals surface area contributed by atoms with Crippen molar-refractivity contribution in [1.29, 1.82) is 0 Å². The summed E-state index contributed by atoms with van der Waals surface area (Å²) in [5.74, 6) is 1.37. The molecule has 1 atom stereocenters. The molecule has 1 aromatic heterocycles. The molecule has 0 saturated carbocycles. The summed E-state index contributed by atoms with van der Waals surface area (Å²) in [6, 6.07) is 11.1. The van der Waals surface area contributed by atoms with Gasteiger partial charge in [0.05, 0.1) is 14.2 Å². The Morgan fingerprint density at radius 1 is 1.11 bits per heavy atom. The topological polar surface area (TPSA) is 77.7 Å². The maximum atomic E-state index is 13.1. The van der Waals surface area contributed by atoms with Crippen molar-refractivity contribution >= 4 is 11.6 Å². The van der Waals surface area contributed by atoms with Crippen molar-refractivity contribution in [2.24, 2.45) is 0 Å². The predicted molar refractivity (Wildman–Crippen MR) is 98.9 cm³/mol. The summed E-state index contributed by atoms with van der Waals surface area (Å²) in [4.78, 5) is 18.5. The van der Waals surface area contributed by atoms with Crippen molar-refractivity contribution in [3.63, 3.8) is 0 Å². The first-order valence-corrected chi connectivity index (χ1v) is 8.70. The van der Waals surface area contributed by atoms with Crippen molar-refractivity contribution in [1.82, 2.24) is 10.1 Å². The molecule has 1 aliphatic rings. The van der Waals surface area contributed by atoms with Crippen LogP contribution in [-0.2, 0) is 4.79 Å². The minimum absolute atomic E-state index is 0.0639. The number of nitrogens with zero attached hydrogens (tertiary/aromatic N) is 3. The van der Waals surface area contributed by atoms with Crippen LogP contribution in [0.2, 0.25) is 0 Å². The number of aromatic nitrogens is 2. The van der Waals surface area contributed by atoms with Crippen molar-refractivity contribution in [3.8, 4) is 23.0 Å². The molecule has 1 unspecified atom stereocenters. The fourth-order valence-corrected chi connectivity index (χ4v) is 3.20. The van der Waals surface area contributed by atoms with Gasteiger partial charge in [0.1, 0.15) is 17.3 Å². The van der Waals surface area contributed by atoms with Gasteiger partial charge in [-0.1, -0.05) is 5.16 Å². The fraction of sp³-hybridized carbons (Fsp3) is 0.250. The van der Waals surface area contributed by atoms with Crippen LogP contribution in [0.25, 0.3) is 11.5 Å². The van der Waals surface area contributed by atoms with E-state index in [2.05, 4.69) is 10.1 Å². The molecule has 7 nitrogen and oxygen atoms in total. The number of carbonyl (C=O) groups is 1. The monoisotopic (exact) mass is 383 g/mol. The zero-order chi connectivity index (χ0) is 19.7. The number of benzene rings is 2. The van der Waals surface area contributed by atoms with Crippen LogP contribution in [0.5, 0.6) is 11.5 Å². The lowest BCUT2D eigenvalue weighted by atomic mass is 10.1. The van der Waals surface area contributed by atoms with Crippen molar-refractivity contribution in [3.05, 3.63) is 54.1 Å². The molecule has 0 N–H and O–H groups in total. The number of ether oxygens (including phenoxy) is 2. The number of rotatable bonds is 5. The van der Waals surface area contributed by atoms with E-state index in [-0.39, 0.29) is 24.1 Å². The molecule has 2 aromatic carbocycles. The highest BCUT2D eigenvalue weighted by Gasteiger charge is 2.34. The molecule has 8 heteroatoms. The lowest BCUT2D eigenvalue weighted by Gasteiger charge is -2.15. The van der Waals surface area contributed by atoms with Crippen molar-refractivity contribution in [2.75, 3.05) is 25.7 Å². The van der Waals surface area contributed by atoms with Crippen molar-refractivity contribution < 1.29 is 23.2 Å². The SMILES string of the molecule is COc1cc(OC)cc(-c2nc(C3CC(=O)N(c4ccc(F)cc4)C3)no2)c1. The van der Waals surface area contributed by atoms with Crippen LogP contribution >= 0.6 is 0 Å². The second-order valence-electron chi connectivity index (χ2n) is 6.44. The van der Waals surface area contributed by atoms with Crippen LogP contribution in [0.3, 0.4) is 0 Å². The van der Waals surface area contributed by atoms with Gasteiger partial charge in [-0.15, -0.1) is 0 Å². The first-order valence-electron chi connectivity index (χ1n) is 8.70. The molecule has 1 amide bonds. The number of anilines is 1. The van der Waals surface area contributed by atoms with Gasteiger partial charge in [-0.05, 0) is 36.4 Å². The highest BCUT2D eigenvalue weighted by molar-refractivity contribution is 5.96. The number of hydrogen-bond acceptors (Lipinski definition) is 6. The summed E-state index contributed by atoms with van der Waals surface area (Å²) < 4.78 is 29.1. The molecule has 4 rings (SSSR count). The van der Waals surface area contributed by atoms with Crippen LogP contribution < -0.4 is 14.4 Å². The molecule has 0 aliphatic carbocycles. The Morgan fingerprint density at radius 3 is 2.43 bits per heavy atom. The zero-order valence-corrected chi connectivity index (χ0v) is 15.4. The lowest BCUT2D eigenvalue weighted by Crippen LogP contribution is -2.24. The molecule has 1 aliphatic heterocycles. The predicted octanol–water partition coefficient (Wildman–Crippen LogP) is 3.41. The van der Waals surface area contributed by atoms with E-state index >= 15 is 0 Å². The number of carbonyl (C=O) groups excluding carboxylic acids is 1. The van der Waals surface area contributed by atoms with Crippen LogP contribution in [0, 0.1) is 5.82 Å². The number of amides is 1. The quantitative estimate of drug-likeness (QED) is 0.672. The van der Waals surface area contributed by atoms with Gasteiger partial charge in [-0.25, -0.2) is 4.39 Å². The molecular weight excluding hydrogens is 365 g/mol.